The molecule has 0 unspecified atom stereocenters. The van der Waals surface area contributed by atoms with Crippen molar-refractivity contribution in [2.24, 2.45) is 0 Å². The lowest BCUT2D eigenvalue weighted by Gasteiger charge is -2.04. The molecule has 0 fully saturated rings. The largest absolute Gasteiger partial charge is 0.497 e. The van der Waals surface area contributed by atoms with Crippen molar-refractivity contribution in [1.82, 2.24) is 0 Å². The molecular weight excluding hydrogens is 244 g/mol. The van der Waals surface area contributed by atoms with Crippen molar-refractivity contribution >= 4 is 17.5 Å². The topological polar surface area (TPSA) is 26.3 Å². The lowest BCUT2D eigenvalue weighted by atomic mass is 10.0. The molecule has 0 atom stereocenters. The van der Waals surface area contributed by atoms with Gasteiger partial charge in [-0.2, -0.15) is 0 Å². The van der Waals surface area contributed by atoms with E-state index in [0.29, 0.717) is 16.9 Å². The molecule has 0 aliphatic rings. The van der Waals surface area contributed by atoms with E-state index in [4.69, 9.17) is 4.74 Å². The van der Waals surface area contributed by atoms with E-state index in [2.05, 4.69) is 0 Å². The van der Waals surface area contributed by atoms with Crippen LogP contribution in [-0.4, -0.2) is 19.1 Å². The van der Waals surface area contributed by atoms with Crippen LogP contribution in [0.4, 0.5) is 0 Å². The average molecular weight is 258 g/mol. The number of ketones is 1. The van der Waals surface area contributed by atoms with E-state index >= 15 is 0 Å². The normalized spacial score (nSPS) is 10.1. The van der Waals surface area contributed by atoms with Gasteiger partial charge in [0.05, 0.1) is 7.11 Å². The molecule has 0 aliphatic heterocycles. The first-order chi connectivity index (χ1) is 8.74. The minimum atomic E-state index is 0.0153. The average Bonchev–Trinajstić information content (AvgIpc) is 2.46. The lowest BCUT2D eigenvalue weighted by Crippen LogP contribution is -2.01. The number of benzene rings is 2. The van der Waals surface area contributed by atoms with Crippen LogP contribution in [0.3, 0.4) is 0 Å². The molecule has 92 valence electrons. The van der Waals surface area contributed by atoms with Gasteiger partial charge in [0.1, 0.15) is 5.75 Å². The molecule has 0 bridgehead atoms. The highest BCUT2D eigenvalue weighted by Crippen LogP contribution is 2.19. The van der Waals surface area contributed by atoms with Gasteiger partial charge in [-0.25, -0.2) is 0 Å². The number of thioether (sulfide) groups is 1. The molecule has 2 aromatic rings. The Morgan fingerprint density at radius 3 is 2.39 bits per heavy atom. The Hall–Kier alpha value is -1.74. The summed E-state index contributed by atoms with van der Waals surface area (Å²) in [6.45, 7) is 0. The van der Waals surface area contributed by atoms with Crippen LogP contribution in [0.1, 0.15) is 15.9 Å². The third-order valence-corrected chi connectivity index (χ3v) is 3.43. The van der Waals surface area contributed by atoms with Crippen molar-refractivity contribution in [3.8, 4) is 5.75 Å². The summed E-state index contributed by atoms with van der Waals surface area (Å²) >= 11 is 1.66. The van der Waals surface area contributed by atoms with Crippen LogP contribution in [0, 0.1) is 0 Å². The molecule has 0 aromatic heterocycles. The monoisotopic (exact) mass is 258 g/mol. The van der Waals surface area contributed by atoms with Gasteiger partial charge in [0, 0.05) is 16.0 Å². The van der Waals surface area contributed by atoms with Gasteiger partial charge in [0.15, 0.2) is 5.78 Å². The van der Waals surface area contributed by atoms with E-state index in [-0.39, 0.29) is 5.78 Å². The Balaban J connectivity index is 2.29. The van der Waals surface area contributed by atoms with Crippen LogP contribution in [0.5, 0.6) is 5.75 Å². The highest BCUT2D eigenvalue weighted by molar-refractivity contribution is 7.98. The molecule has 2 rings (SSSR count). The molecule has 0 N–H and O–H groups in total. The minimum Gasteiger partial charge on any atom is -0.497 e. The first kappa shape index (κ1) is 12.7. The molecule has 0 spiro atoms. The van der Waals surface area contributed by atoms with Gasteiger partial charge >= 0.3 is 0 Å². The maximum atomic E-state index is 12.3. The molecule has 0 heterocycles. The Bertz CT molecular complexity index is 547. The summed E-state index contributed by atoms with van der Waals surface area (Å²) in [7, 11) is 1.59. The van der Waals surface area contributed by atoms with Crippen molar-refractivity contribution in [1.29, 1.82) is 0 Å². The molecule has 2 aromatic carbocycles. The van der Waals surface area contributed by atoms with Crippen LogP contribution in [0.15, 0.2) is 53.4 Å². The maximum absolute atomic E-state index is 12.3. The smallest absolute Gasteiger partial charge is 0.193 e. The second-order valence-electron chi connectivity index (χ2n) is 3.79. The number of ether oxygens (including phenoxy) is 1. The van der Waals surface area contributed by atoms with E-state index in [1.165, 1.54) is 0 Å². The van der Waals surface area contributed by atoms with Crippen molar-refractivity contribution in [2.45, 2.75) is 4.90 Å². The third-order valence-electron chi connectivity index (χ3n) is 2.68. The third kappa shape index (κ3) is 2.74. The molecule has 0 saturated heterocycles. The number of carbonyl (C=O) groups excluding carboxylic acids is 1. The molecular formula is C15H14O2S. The van der Waals surface area contributed by atoms with Gasteiger partial charge in [0.25, 0.3) is 0 Å². The number of rotatable bonds is 4. The quantitative estimate of drug-likeness (QED) is 0.618. The molecule has 3 heteroatoms. The highest BCUT2D eigenvalue weighted by Gasteiger charge is 2.09. The Morgan fingerprint density at radius 1 is 1.06 bits per heavy atom. The number of methoxy groups -OCH3 is 1. The number of hydrogen-bond acceptors (Lipinski definition) is 3. The summed E-state index contributed by atoms with van der Waals surface area (Å²) in [6.07, 6.45) is 2.01. The molecule has 2 nitrogen and oxygen atoms in total. The number of carbonyl (C=O) groups is 1. The standard InChI is InChI=1S/C15H14O2S/c1-17-13-5-3-4-12(10-13)15(16)11-6-8-14(18-2)9-7-11/h3-10H,1-2H3. The fourth-order valence-electron chi connectivity index (χ4n) is 1.67. The predicted octanol–water partition coefficient (Wildman–Crippen LogP) is 3.65. The summed E-state index contributed by atoms with van der Waals surface area (Å²) in [4.78, 5) is 13.4. The Labute approximate surface area is 111 Å². The van der Waals surface area contributed by atoms with E-state index in [1.807, 2.05) is 42.7 Å². The highest BCUT2D eigenvalue weighted by atomic mass is 32.2. The van der Waals surface area contributed by atoms with E-state index in [1.54, 1.807) is 31.0 Å². The summed E-state index contributed by atoms with van der Waals surface area (Å²) in [5.41, 5.74) is 1.34. The van der Waals surface area contributed by atoms with Crippen molar-refractivity contribution < 1.29 is 9.53 Å². The second-order valence-corrected chi connectivity index (χ2v) is 4.67. The summed E-state index contributed by atoms with van der Waals surface area (Å²) in [6, 6.07) is 14.8. The van der Waals surface area contributed by atoms with E-state index < -0.39 is 0 Å². The SMILES string of the molecule is COc1cccc(C(=O)c2ccc(SC)cc2)c1. The molecule has 18 heavy (non-hydrogen) atoms. The van der Waals surface area contributed by atoms with Gasteiger partial charge in [-0.3, -0.25) is 4.79 Å². The van der Waals surface area contributed by atoms with Crippen LogP contribution in [0.2, 0.25) is 0 Å². The van der Waals surface area contributed by atoms with Gasteiger partial charge in [0.2, 0.25) is 0 Å². The second kappa shape index (κ2) is 5.74. The fourth-order valence-corrected chi connectivity index (χ4v) is 2.08. The lowest BCUT2D eigenvalue weighted by molar-refractivity contribution is 0.103. The van der Waals surface area contributed by atoms with Gasteiger partial charge in [-0.05, 0) is 42.7 Å². The molecule has 0 saturated carbocycles. The molecule has 0 radical (unpaired) electrons. The summed E-state index contributed by atoms with van der Waals surface area (Å²) in [5.74, 6) is 0.711. The number of hydrogen-bond donors (Lipinski definition) is 0. The van der Waals surface area contributed by atoms with Gasteiger partial charge in [-0.1, -0.05) is 12.1 Å². The van der Waals surface area contributed by atoms with Gasteiger partial charge < -0.3 is 4.74 Å². The maximum Gasteiger partial charge on any atom is 0.193 e. The van der Waals surface area contributed by atoms with Crippen molar-refractivity contribution in [3.05, 3.63) is 59.7 Å². The zero-order chi connectivity index (χ0) is 13.0. The first-order valence-corrected chi connectivity index (χ1v) is 6.80. The van der Waals surface area contributed by atoms with Crippen LogP contribution >= 0.6 is 11.8 Å². The van der Waals surface area contributed by atoms with Crippen LogP contribution in [-0.2, 0) is 0 Å². The van der Waals surface area contributed by atoms with Crippen molar-refractivity contribution in [2.75, 3.05) is 13.4 Å². The van der Waals surface area contributed by atoms with Crippen molar-refractivity contribution in [3.63, 3.8) is 0 Å². The predicted molar refractivity (Wildman–Crippen MR) is 74.6 cm³/mol. The Morgan fingerprint density at radius 2 is 1.78 bits per heavy atom. The van der Waals surface area contributed by atoms with E-state index in [0.717, 1.165) is 4.90 Å². The minimum absolute atomic E-state index is 0.0153. The Kier molecular flexibility index (Phi) is 4.05. The zero-order valence-electron chi connectivity index (χ0n) is 10.3. The first-order valence-electron chi connectivity index (χ1n) is 5.57. The van der Waals surface area contributed by atoms with Gasteiger partial charge in [-0.15, -0.1) is 11.8 Å². The zero-order valence-corrected chi connectivity index (χ0v) is 11.2. The van der Waals surface area contributed by atoms with Crippen LogP contribution < -0.4 is 4.74 Å². The van der Waals surface area contributed by atoms with Crippen LogP contribution in [0.25, 0.3) is 0 Å². The molecule has 0 aliphatic carbocycles. The van der Waals surface area contributed by atoms with E-state index in [9.17, 15) is 4.79 Å². The summed E-state index contributed by atoms with van der Waals surface area (Å²) < 4.78 is 5.12. The fraction of sp³-hybridized carbons (Fsp3) is 0.133. The molecule has 0 amide bonds. The summed E-state index contributed by atoms with van der Waals surface area (Å²) in [5, 5.41) is 0.